The molecule has 0 radical (unpaired) electrons. The molecule has 4 heteroatoms. The van der Waals surface area contributed by atoms with Crippen LogP contribution in [0, 0.1) is 6.92 Å². The summed E-state index contributed by atoms with van der Waals surface area (Å²) in [5.41, 5.74) is 2.16. The highest BCUT2D eigenvalue weighted by Crippen LogP contribution is 2.33. The molecule has 2 aromatic rings. The molecule has 0 bridgehead atoms. The molecule has 2 rings (SSSR count). The zero-order valence-electron chi connectivity index (χ0n) is 12.1. The highest BCUT2D eigenvalue weighted by atomic mass is 16.5. The average Bonchev–Trinajstić information content (AvgIpc) is 2.48. The van der Waals surface area contributed by atoms with Crippen LogP contribution in [0.3, 0.4) is 0 Å². The average molecular weight is 272 g/mol. The van der Waals surface area contributed by atoms with E-state index in [0.29, 0.717) is 5.75 Å². The number of benzene rings is 1. The van der Waals surface area contributed by atoms with E-state index in [1.165, 1.54) is 0 Å². The minimum atomic E-state index is 0.710. The number of hydrogen-bond donors (Lipinski definition) is 1. The number of pyridine rings is 1. The topological polar surface area (TPSA) is 43.4 Å². The Labute approximate surface area is 119 Å². The maximum atomic E-state index is 5.98. The van der Waals surface area contributed by atoms with E-state index in [4.69, 9.17) is 9.47 Å². The van der Waals surface area contributed by atoms with Crippen LogP contribution in [-0.4, -0.2) is 18.6 Å². The molecule has 1 N–H and O–H groups in total. The van der Waals surface area contributed by atoms with Crippen LogP contribution in [0.1, 0.15) is 18.1 Å². The van der Waals surface area contributed by atoms with Gasteiger partial charge in [0.2, 0.25) is 0 Å². The maximum Gasteiger partial charge on any atom is 0.169 e. The zero-order valence-corrected chi connectivity index (χ0v) is 12.1. The third kappa shape index (κ3) is 3.48. The fourth-order valence-corrected chi connectivity index (χ4v) is 1.88. The Kier molecular flexibility index (Phi) is 4.96. The van der Waals surface area contributed by atoms with Gasteiger partial charge in [0, 0.05) is 24.5 Å². The Morgan fingerprint density at radius 1 is 1.15 bits per heavy atom. The molecule has 106 valence electrons. The van der Waals surface area contributed by atoms with Gasteiger partial charge in [-0.3, -0.25) is 4.98 Å². The second-order valence-electron chi connectivity index (χ2n) is 4.52. The molecule has 0 spiro atoms. The lowest BCUT2D eigenvalue weighted by Gasteiger charge is -2.13. The lowest BCUT2D eigenvalue weighted by molar-refractivity contribution is 0.376. The van der Waals surface area contributed by atoms with E-state index in [2.05, 4.69) is 17.2 Å². The minimum Gasteiger partial charge on any atom is -0.493 e. The van der Waals surface area contributed by atoms with Crippen molar-refractivity contribution in [3.63, 3.8) is 0 Å². The van der Waals surface area contributed by atoms with E-state index in [1.54, 1.807) is 13.3 Å². The summed E-state index contributed by atoms with van der Waals surface area (Å²) in [6.45, 7) is 5.73. The molecule has 1 aromatic heterocycles. The molecule has 1 aromatic carbocycles. The molecular formula is C16H20N2O2. The van der Waals surface area contributed by atoms with Gasteiger partial charge in [-0.1, -0.05) is 13.0 Å². The highest BCUT2D eigenvalue weighted by Gasteiger charge is 2.09. The smallest absolute Gasteiger partial charge is 0.169 e. The molecule has 0 saturated heterocycles. The van der Waals surface area contributed by atoms with Gasteiger partial charge in [-0.05, 0) is 37.2 Å². The summed E-state index contributed by atoms with van der Waals surface area (Å²) in [5.74, 6) is 2.24. The summed E-state index contributed by atoms with van der Waals surface area (Å²) in [6.07, 6.45) is 3.55. The van der Waals surface area contributed by atoms with E-state index in [0.717, 1.165) is 35.7 Å². The SMILES string of the molecule is CCNCc1cnccc1Oc1ccc(C)cc1OC. The second kappa shape index (κ2) is 6.91. The van der Waals surface area contributed by atoms with Gasteiger partial charge in [0.05, 0.1) is 7.11 Å². The van der Waals surface area contributed by atoms with Gasteiger partial charge in [0.15, 0.2) is 11.5 Å². The highest BCUT2D eigenvalue weighted by molar-refractivity contribution is 5.46. The number of aryl methyl sites for hydroxylation is 1. The van der Waals surface area contributed by atoms with Crippen molar-refractivity contribution in [3.05, 3.63) is 47.8 Å². The van der Waals surface area contributed by atoms with E-state index in [9.17, 15) is 0 Å². The maximum absolute atomic E-state index is 5.98. The summed E-state index contributed by atoms with van der Waals surface area (Å²) in [5, 5.41) is 3.28. The van der Waals surface area contributed by atoms with Crippen molar-refractivity contribution in [3.8, 4) is 17.2 Å². The van der Waals surface area contributed by atoms with Crippen LogP contribution in [0.5, 0.6) is 17.2 Å². The van der Waals surface area contributed by atoms with Crippen LogP contribution in [0.4, 0.5) is 0 Å². The Hall–Kier alpha value is -2.07. The van der Waals surface area contributed by atoms with E-state index in [1.807, 2.05) is 37.4 Å². The largest absolute Gasteiger partial charge is 0.493 e. The van der Waals surface area contributed by atoms with Crippen LogP contribution < -0.4 is 14.8 Å². The van der Waals surface area contributed by atoms with Gasteiger partial charge >= 0.3 is 0 Å². The minimum absolute atomic E-state index is 0.710. The first-order valence-corrected chi connectivity index (χ1v) is 6.70. The van der Waals surface area contributed by atoms with Crippen molar-refractivity contribution in [1.82, 2.24) is 10.3 Å². The Balaban J connectivity index is 2.25. The van der Waals surface area contributed by atoms with Crippen molar-refractivity contribution in [2.24, 2.45) is 0 Å². The summed E-state index contributed by atoms with van der Waals surface area (Å²) in [6, 6.07) is 7.75. The number of ether oxygens (including phenoxy) is 2. The standard InChI is InChI=1S/C16H20N2O2/c1-4-17-10-13-11-18-8-7-14(13)20-15-6-5-12(2)9-16(15)19-3/h5-9,11,17H,4,10H2,1-3H3. The first-order valence-electron chi connectivity index (χ1n) is 6.70. The lowest BCUT2D eigenvalue weighted by Crippen LogP contribution is -2.12. The van der Waals surface area contributed by atoms with E-state index >= 15 is 0 Å². The summed E-state index contributed by atoms with van der Waals surface area (Å²) in [4.78, 5) is 4.15. The number of rotatable bonds is 6. The second-order valence-corrected chi connectivity index (χ2v) is 4.52. The van der Waals surface area contributed by atoms with Gasteiger partial charge in [-0.15, -0.1) is 0 Å². The van der Waals surface area contributed by atoms with Crippen molar-refractivity contribution in [2.45, 2.75) is 20.4 Å². The van der Waals surface area contributed by atoms with Crippen molar-refractivity contribution in [1.29, 1.82) is 0 Å². The van der Waals surface area contributed by atoms with Crippen LogP contribution in [-0.2, 0) is 6.54 Å². The predicted molar refractivity (Wildman–Crippen MR) is 79.4 cm³/mol. The summed E-state index contributed by atoms with van der Waals surface area (Å²) in [7, 11) is 1.65. The fraction of sp³-hybridized carbons (Fsp3) is 0.312. The predicted octanol–water partition coefficient (Wildman–Crippen LogP) is 3.30. The zero-order chi connectivity index (χ0) is 14.4. The molecule has 0 saturated carbocycles. The summed E-state index contributed by atoms with van der Waals surface area (Å²) >= 11 is 0. The van der Waals surface area contributed by atoms with Crippen LogP contribution >= 0.6 is 0 Å². The molecule has 0 aliphatic carbocycles. The van der Waals surface area contributed by atoms with Gasteiger partial charge in [0.25, 0.3) is 0 Å². The van der Waals surface area contributed by atoms with Crippen molar-refractivity contribution >= 4 is 0 Å². The third-order valence-electron chi connectivity index (χ3n) is 2.96. The van der Waals surface area contributed by atoms with Gasteiger partial charge in [0.1, 0.15) is 5.75 Å². The third-order valence-corrected chi connectivity index (χ3v) is 2.96. The van der Waals surface area contributed by atoms with Crippen LogP contribution in [0.2, 0.25) is 0 Å². The molecule has 0 fully saturated rings. The van der Waals surface area contributed by atoms with Crippen molar-refractivity contribution < 1.29 is 9.47 Å². The molecule has 0 aliphatic rings. The molecule has 1 heterocycles. The number of nitrogens with one attached hydrogen (secondary N) is 1. The van der Waals surface area contributed by atoms with E-state index in [-0.39, 0.29) is 0 Å². The quantitative estimate of drug-likeness (QED) is 0.876. The number of aromatic nitrogens is 1. The molecule has 0 aliphatic heterocycles. The number of nitrogens with zero attached hydrogens (tertiary/aromatic N) is 1. The van der Waals surface area contributed by atoms with Gasteiger partial charge in [-0.2, -0.15) is 0 Å². The van der Waals surface area contributed by atoms with Gasteiger partial charge < -0.3 is 14.8 Å². The monoisotopic (exact) mass is 272 g/mol. The van der Waals surface area contributed by atoms with Crippen molar-refractivity contribution in [2.75, 3.05) is 13.7 Å². The Bertz CT molecular complexity index is 570. The fourth-order valence-electron chi connectivity index (χ4n) is 1.88. The van der Waals surface area contributed by atoms with Gasteiger partial charge in [-0.25, -0.2) is 0 Å². The molecule has 0 unspecified atom stereocenters. The Morgan fingerprint density at radius 2 is 2.00 bits per heavy atom. The number of methoxy groups -OCH3 is 1. The first kappa shape index (κ1) is 14.3. The van der Waals surface area contributed by atoms with Crippen LogP contribution in [0.25, 0.3) is 0 Å². The normalized spacial score (nSPS) is 10.3. The lowest BCUT2D eigenvalue weighted by atomic mass is 10.2. The molecule has 0 atom stereocenters. The first-order chi connectivity index (χ1) is 9.74. The Morgan fingerprint density at radius 3 is 2.75 bits per heavy atom. The molecule has 4 nitrogen and oxygen atoms in total. The van der Waals surface area contributed by atoms with Crippen LogP contribution in [0.15, 0.2) is 36.7 Å². The van der Waals surface area contributed by atoms with E-state index < -0.39 is 0 Å². The summed E-state index contributed by atoms with van der Waals surface area (Å²) < 4.78 is 11.3. The molecular weight excluding hydrogens is 252 g/mol. The molecule has 20 heavy (non-hydrogen) atoms. The molecule has 0 amide bonds. The number of hydrogen-bond acceptors (Lipinski definition) is 4.